The van der Waals surface area contributed by atoms with Crippen LogP contribution in [0.15, 0.2) is 30.0 Å². The molecule has 0 aliphatic carbocycles. The van der Waals surface area contributed by atoms with E-state index in [1.807, 2.05) is 0 Å². The molecular weight excluding hydrogens is 213 g/mol. The number of carboxylic acids is 1. The van der Waals surface area contributed by atoms with E-state index in [0.717, 1.165) is 0 Å². The Hall–Kier alpha value is -2.17. The van der Waals surface area contributed by atoms with E-state index in [0.29, 0.717) is 5.56 Å². The maximum absolute atomic E-state index is 12.8. The summed E-state index contributed by atoms with van der Waals surface area (Å²) in [6.07, 6.45) is 1.19. The summed E-state index contributed by atoms with van der Waals surface area (Å²) in [6.45, 7) is 1.20. The van der Waals surface area contributed by atoms with Crippen LogP contribution in [-0.2, 0) is 9.59 Å². The normalized spacial score (nSPS) is 11.0. The second-order valence-corrected chi connectivity index (χ2v) is 3.10. The third kappa shape index (κ3) is 3.53. The highest BCUT2D eigenvalue weighted by molar-refractivity contribution is 5.96. The first kappa shape index (κ1) is 11.9. The fraction of sp³-hybridized carbons (Fsp3) is 0.0909. The molecule has 16 heavy (non-hydrogen) atoms. The first-order valence-electron chi connectivity index (χ1n) is 4.47. The van der Waals surface area contributed by atoms with Gasteiger partial charge in [0.15, 0.2) is 0 Å². The molecule has 0 heterocycles. The van der Waals surface area contributed by atoms with Gasteiger partial charge in [-0.05, 0) is 23.8 Å². The van der Waals surface area contributed by atoms with Gasteiger partial charge < -0.3 is 10.4 Å². The molecule has 1 aromatic carbocycles. The second kappa shape index (κ2) is 5.06. The van der Waals surface area contributed by atoms with E-state index in [1.165, 1.54) is 37.3 Å². The largest absolute Gasteiger partial charge is 0.477 e. The van der Waals surface area contributed by atoms with Crippen molar-refractivity contribution < 1.29 is 19.1 Å². The van der Waals surface area contributed by atoms with Gasteiger partial charge in [0.05, 0.1) is 0 Å². The summed E-state index contributed by atoms with van der Waals surface area (Å²) < 4.78 is 12.8. The molecule has 0 atom stereocenters. The van der Waals surface area contributed by atoms with E-state index >= 15 is 0 Å². The second-order valence-electron chi connectivity index (χ2n) is 3.10. The zero-order valence-corrected chi connectivity index (χ0v) is 8.53. The number of hydrogen-bond donors (Lipinski definition) is 2. The van der Waals surface area contributed by atoms with Crippen LogP contribution in [0.3, 0.4) is 0 Å². The highest BCUT2D eigenvalue weighted by atomic mass is 19.1. The van der Waals surface area contributed by atoms with Crippen LogP contribution < -0.4 is 5.32 Å². The Bertz CT molecular complexity index is 454. The number of carbonyl (C=O) groups is 2. The van der Waals surface area contributed by atoms with Crippen molar-refractivity contribution >= 4 is 18.0 Å². The van der Waals surface area contributed by atoms with Crippen LogP contribution in [0.4, 0.5) is 4.39 Å². The summed E-state index contributed by atoms with van der Waals surface area (Å²) in [5.74, 6) is -2.24. The molecule has 4 nitrogen and oxygen atoms in total. The molecule has 2 N–H and O–H groups in total. The Balaban J connectivity index is 3.02. The quantitative estimate of drug-likeness (QED) is 0.761. The number of carbonyl (C=O) groups excluding carboxylic acids is 1. The number of amides is 1. The molecule has 1 rings (SSSR count). The Labute approximate surface area is 91.4 Å². The van der Waals surface area contributed by atoms with Crippen LogP contribution >= 0.6 is 0 Å². The molecule has 0 aliphatic heterocycles. The molecule has 0 aliphatic rings. The molecule has 0 aromatic heterocycles. The van der Waals surface area contributed by atoms with Crippen molar-refractivity contribution in [2.75, 3.05) is 0 Å². The Morgan fingerprint density at radius 2 is 2.12 bits per heavy atom. The minimum Gasteiger partial charge on any atom is -0.477 e. The standard InChI is InChI=1S/C11H10FNO3/c1-7(14)13-10(11(15)16)6-8-3-2-4-9(12)5-8/h2-6H,1H3,(H,13,14)(H,15,16)/b10-6+. The molecule has 0 saturated heterocycles. The van der Waals surface area contributed by atoms with Crippen molar-refractivity contribution in [3.05, 3.63) is 41.3 Å². The predicted molar refractivity (Wildman–Crippen MR) is 55.8 cm³/mol. The van der Waals surface area contributed by atoms with Gasteiger partial charge in [-0.25, -0.2) is 9.18 Å². The zero-order chi connectivity index (χ0) is 12.1. The van der Waals surface area contributed by atoms with Crippen LogP contribution in [0.1, 0.15) is 12.5 Å². The van der Waals surface area contributed by atoms with Gasteiger partial charge in [0.1, 0.15) is 11.5 Å². The summed E-state index contributed by atoms with van der Waals surface area (Å²) in [7, 11) is 0. The van der Waals surface area contributed by atoms with Crippen LogP contribution in [0.25, 0.3) is 6.08 Å². The number of nitrogens with one attached hydrogen (secondary N) is 1. The summed E-state index contributed by atoms with van der Waals surface area (Å²) in [4.78, 5) is 21.5. The lowest BCUT2D eigenvalue weighted by atomic mass is 10.2. The van der Waals surface area contributed by atoms with Crippen LogP contribution in [0, 0.1) is 5.82 Å². The average Bonchev–Trinajstić information content (AvgIpc) is 2.15. The van der Waals surface area contributed by atoms with Crippen molar-refractivity contribution in [1.82, 2.24) is 5.32 Å². The maximum atomic E-state index is 12.8. The highest BCUT2D eigenvalue weighted by Gasteiger charge is 2.08. The Kier molecular flexibility index (Phi) is 3.77. The van der Waals surface area contributed by atoms with Crippen molar-refractivity contribution in [3.63, 3.8) is 0 Å². The third-order valence-electron chi connectivity index (χ3n) is 1.70. The molecule has 0 spiro atoms. The lowest BCUT2D eigenvalue weighted by Crippen LogP contribution is -2.24. The first-order chi connectivity index (χ1) is 7.49. The average molecular weight is 223 g/mol. The van der Waals surface area contributed by atoms with Gasteiger partial charge in [-0.15, -0.1) is 0 Å². The maximum Gasteiger partial charge on any atom is 0.352 e. The first-order valence-corrected chi connectivity index (χ1v) is 4.47. The molecule has 5 heteroatoms. The summed E-state index contributed by atoms with van der Waals surface area (Å²) in [6, 6.07) is 5.41. The van der Waals surface area contributed by atoms with E-state index in [1.54, 1.807) is 0 Å². The smallest absolute Gasteiger partial charge is 0.352 e. The van der Waals surface area contributed by atoms with Gasteiger partial charge in [-0.1, -0.05) is 12.1 Å². The van der Waals surface area contributed by atoms with Gasteiger partial charge in [-0.2, -0.15) is 0 Å². The number of aliphatic carboxylic acids is 1. The molecule has 84 valence electrons. The van der Waals surface area contributed by atoms with E-state index < -0.39 is 17.7 Å². The lowest BCUT2D eigenvalue weighted by Gasteiger charge is -2.02. The van der Waals surface area contributed by atoms with E-state index in [2.05, 4.69) is 5.32 Å². The van der Waals surface area contributed by atoms with Crippen molar-refractivity contribution in [1.29, 1.82) is 0 Å². The SMILES string of the molecule is CC(=O)N/C(=C/c1cccc(F)c1)C(=O)O. The number of hydrogen-bond acceptors (Lipinski definition) is 2. The topological polar surface area (TPSA) is 66.4 Å². The minimum atomic E-state index is -1.28. The van der Waals surface area contributed by atoms with Gasteiger partial charge in [-0.3, -0.25) is 4.79 Å². The molecular formula is C11H10FNO3. The monoisotopic (exact) mass is 223 g/mol. The molecule has 0 radical (unpaired) electrons. The Morgan fingerprint density at radius 1 is 1.44 bits per heavy atom. The number of carboxylic acid groups (broad SMARTS) is 1. The van der Waals surface area contributed by atoms with Gasteiger partial charge >= 0.3 is 5.97 Å². The van der Waals surface area contributed by atoms with Gasteiger partial charge in [0.25, 0.3) is 0 Å². The highest BCUT2D eigenvalue weighted by Crippen LogP contribution is 2.07. The number of rotatable bonds is 3. The molecule has 0 saturated carbocycles. The predicted octanol–water partition coefficient (Wildman–Crippen LogP) is 1.39. The minimum absolute atomic E-state index is 0.293. The van der Waals surface area contributed by atoms with Crippen molar-refractivity contribution in [2.45, 2.75) is 6.92 Å². The molecule has 0 unspecified atom stereocenters. The number of halogens is 1. The van der Waals surface area contributed by atoms with Gasteiger partial charge in [0.2, 0.25) is 5.91 Å². The van der Waals surface area contributed by atoms with Crippen LogP contribution in [0.2, 0.25) is 0 Å². The van der Waals surface area contributed by atoms with E-state index in [9.17, 15) is 14.0 Å². The molecule has 0 fully saturated rings. The summed E-state index contributed by atoms with van der Waals surface area (Å²) >= 11 is 0. The summed E-state index contributed by atoms with van der Waals surface area (Å²) in [5, 5.41) is 10.9. The Morgan fingerprint density at radius 3 is 2.62 bits per heavy atom. The molecule has 1 aromatic rings. The lowest BCUT2D eigenvalue weighted by molar-refractivity contribution is -0.134. The fourth-order valence-electron chi connectivity index (χ4n) is 1.10. The van der Waals surface area contributed by atoms with Crippen LogP contribution in [0.5, 0.6) is 0 Å². The summed E-state index contributed by atoms with van der Waals surface area (Å²) in [5.41, 5.74) is 0.0734. The van der Waals surface area contributed by atoms with Crippen molar-refractivity contribution in [3.8, 4) is 0 Å². The van der Waals surface area contributed by atoms with E-state index in [-0.39, 0.29) is 5.70 Å². The molecule has 0 bridgehead atoms. The van der Waals surface area contributed by atoms with Crippen LogP contribution in [-0.4, -0.2) is 17.0 Å². The van der Waals surface area contributed by atoms with E-state index in [4.69, 9.17) is 5.11 Å². The fourth-order valence-corrected chi connectivity index (χ4v) is 1.10. The van der Waals surface area contributed by atoms with Gasteiger partial charge in [0, 0.05) is 6.92 Å². The molecule has 1 amide bonds. The number of benzene rings is 1. The van der Waals surface area contributed by atoms with Crippen molar-refractivity contribution in [2.24, 2.45) is 0 Å². The third-order valence-corrected chi connectivity index (χ3v) is 1.70. The zero-order valence-electron chi connectivity index (χ0n) is 8.53.